The Bertz CT molecular complexity index is 232. The van der Waals surface area contributed by atoms with Gasteiger partial charge < -0.3 is 5.11 Å². The van der Waals surface area contributed by atoms with Crippen LogP contribution in [0.1, 0.15) is 22.6 Å². The van der Waals surface area contributed by atoms with Gasteiger partial charge in [-0.25, -0.2) is 0 Å². The second kappa shape index (κ2) is 1.97. The zero-order chi connectivity index (χ0) is 7.14. The Labute approximate surface area is 64.3 Å². The molecule has 52 valence electrons. The van der Waals surface area contributed by atoms with Crippen molar-refractivity contribution in [3.8, 4) is 0 Å². The van der Waals surface area contributed by atoms with E-state index in [9.17, 15) is 5.11 Å². The molecule has 0 saturated heterocycles. The fourth-order valence-corrected chi connectivity index (χ4v) is 1.60. The number of aliphatic hydroxyl groups is 1. The molecule has 1 nitrogen and oxygen atoms in total. The van der Waals surface area contributed by atoms with Crippen molar-refractivity contribution in [1.82, 2.24) is 0 Å². The Balaban J connectivity index is 2.50. The third kappa shape index (κ3) is 0.619. The third-order valence-electron chi connectivity index (χ3n) is 1.89. The number of fused-ring (bicyclic) bond motifs is 1. The van der Waals surface area contributed by atoms with Crippen LogP contribution >= 0.6 is 11.6 Å². The molecule has 2 rings (SSSR count). The number of rotatable bonds is 0. The zero-order valence-corrected chi connectivity index (χ0v) is 6.05. The second-order valence-corrected chi connectivity index (χ2v) is 2.95. The highest BCUT2D eigenvalue weighted by Crippen LogP contribution is 2.46. The van der Waals surface area contributed by atoms with Crippen LogP contribution in [0.2, 0.25) is 0 Å². The summed E-state index contributed by atoms with van der Waals surface area (Å²) < 4.78 is 0. The molecule has 2 unspecified atom stereocenters. The van der Waals surface area contributed by atoms with Crippen molar-refractivity contribution in [3.05, 3.63) is 35.4 Å². The van der Waals surface area contributed by atoms with Gasteiger partial charge in [0.25, 0.3) is 0 Å². The molecule has 0 fully saturated rings. The van der Waals surface area contributed by atoms with E-state index < -0.39 is 6.10 Å². The van der Waals surface area contributed by atoms with Crippen molar-refractivity contribution in [1.29, 1.82) is 0 Å². The van der Waals surface area contributed by atoms with Crippen molar-refractivity contribution >= 4 is 11.6 Å². The molecule has 0 bridgehead atoms. The van der Waals surface area contributed by atoms with Crippen LogP contribution in [-0.2, 0) is 0 Å². The van der Waals surface area contributed by atoms with Crippen LogP contribution in [0.4, 0.5) is 0 Å². The molecule has 1 aromatic carbocycles. The number of benzene rings is 1. The lowest BCUT2D eigenvalue weighted by molar-refractivity contribution is 0.147. The van der Waals surface area contributed by atoms with E-state index in [0.29, 0.717) is 0 Å². The molecule has 1 N–H and O–H groups in total. The summed E-state index contributed by atoms with van der Waals surface area (Å²) in [5.74, 6) is 0. The topological polar surface area (TPSA) is 20.2 Å². The molecule has 0 spiro atoms. The van der Waals surface area contributed by atoms with Crippen molar-refractivity contribution in [2.75, 3.05) is 0 Å². The van der Waals surface area contributed by atoms with Crippen LogP contribution in [0.3, 0.4) is 0 Å². The van der Waals surface area contributed by atoms with E-state index in [1.165, 1.54) is 0 Å². The molecule has 0 amide bonds. The van der Waals surface area contributed by atoms with E-state index >= 15 is 0 Å². The number of aliphatic hydroxyl groups excluding tert-OH is 1. The standard InChI is InChI=1S/C8H7ClO/c9-7-5-3-1-2-4-6(5)8(7)10/h1-4,7-8,10H. The first-order chi connectivity index (χ1) is 4.80. The van der Waals surface area contributed by atoms with Crippen LogP contribution in [0.25, 0.3) is 0 Å². The lowest BCUT2D eigenvalue weighted by Crippen LogP contribution is -2.18. The molecule has 1 aliphatic rings. The summed E-state index contributed by atoms with van der Waals surface area (Å²) in [6.45, 7) is 0. The minimum Gasteiger partial charge on any atom is -0.386 e. The first-order valence-corrected chi connectivity index (χ1v) is 3.65. The summed E-state index contributed by atoms with van der Waals surface area (Å²) in [6, 6.07) is 7.68. The van der Waals surface area contributed by atoms with Gasteiger partial charge >= 0.3 is 0 Å². The molecule has 0 aromatic heterocycles. The normalized spacial score (nSPS) is 29.0. The quantitative estimate of drug-likeness (QED) is 0.567. The maximum absolute atomic E-state index is 9.24. The van der Waals surface area contributed by atoms with Crippen molar-refractivity contribution in [3.63, 3.8) is 0 Å². The molecule has 10 heavy (non-hydrogen) atoms. The van der Waals surface area contributed by atoms with Gasteiger partial charge in [-0.05, 0) is 11.1 Å². The molecule has 0 heterocycles. The first kappa shape index (κ1) is 6.20. The molecule has 1 aliphatic carbocycles. The monoisotopic (exact) mass is 154 g/mol. The Morgan fingerprint density at radius 2 is 1.80 bits per heavy atom. The number of halogens is 1. The highest BCUT2D eigenvalue weighted by atomic mass is 35.5. The molecule has 1 aromatic rings. The largest absolute Gasteiger partial charge is 0.386 e. The van der Waals surface area contributed by atoms with E-state index in [2.05, 4.69) is 0 Å². The van der Waals surface area contributed by atoms with Gasteiger partial charge in [0.2, 0.25) is 0 Å². The molecule has 0 radical (unpaired) electrons. The van der Waals surface area contributed by atoms with Gasteiger partial charge in [-0.1, -0.05) is 24.3 Å². The molecule has 2 heteroatoms. The molecule has 0 saturated carbocycles. The zero-order valence-electron chi connectivity index (χ0n) is 5.29. The summed E-state index contributed by atoms with van der Waals surface area (Å²) >= 11 is 5.78. The lowest BCUT2D eigenvalue weighted by Gasteiger charge is -2.30. The van der Waals surface area contributed by atoms with E-state index in [1.807, 2.05) is 24.3 Å². The third-order valence-corrected chi connectivity index (χ3v) is 2.36. The SMILES string of the molecule is OC1c2ccccc2C1Cl. The highest BCUT2D eigenvalue weighted by Gasteiger charge is 2.33. The van der Waals surface area contributed by atoms with Gasteiger partial charge in [0.05, 0.1) is 11.5 Å². The molecular formula is C8H7ClO. The lowest BCUT2D eigenvalue weighted by atomic mass is 9.85. The van der Waals surface area contributed by atoms with Crippen LogP contribution in [0, 0.1) is 0 Å². The molecule has 0 aliphatic heterocycles. The molecular weight excluding hydrogens is 148 g/mol. The highest BCUT2D eigenvalue weighted by molar-refractivity contribution is 6.22. The minimum absolute atomic E-state index is 0.184. The van der Waals surface area contributed by atoms with Gasteiger partial charge in [0.1, 0.15) is 0 Å². The summed E-state index contributed by atoms with van der Waals surface area (Å²) in [5.41, 5.74) is 2.04. The minimum atomic E-state index is -0.446. The Morgan fingerprint density at radius 3 is 2.40 bits per heavy atom. The Morgan fingerprint density at radius 1 is 1.20 bits per heavy atom. The summed E-state index contributed by atoms with van der Waals surface area (Å²) in [7, 11) is 0. The fraction of sp³-hybridized carbons (Fsp3) is 0.250. The predicted molar refractivity (Wildman–Crippen MR) is 40.0 cm³/mol. The fourth-order valence-electron chi connectivity index (χ4n) is 1.26. The maximum Gasteiger partial charge on any atom is 0.0998 e. The summed E-state index contributed by atoms with van der Waals surface area (Å²) in [5, 5.41) is 9.05. The number of alkyl halides is 1. The Kier molecular flexibility index (Phi) is 1.22. The van der Waals surface area contributed by atoms with Gasteiger partial charge in [0.15, 0.2) is 0 Å². The number of hydrogen-bond donors (Lipinski definition) is 1. The predicted octanol–water partition coefficient (Wildman–Crippen LogP) is 2.01. The van der Waals surface area contributed by atoms with Gasteiger partial charge in [-0.3, -0.25) is 0 Å². The second-order valence-electron chi connectivity index (χ2n) is 2.48. The van der Waals surface area contributed by atoms with Crippen molar-refractivity contribution in [2.45, 2.75) is 11.5 Å². The van der Waals surface area contributed by atoms with Crippen LogP contribution < -0.4 is 0 Å². The molecule has 2 atom stereocenters. The Hall–Kier alpha value is -0.530. The van der Waals surface area contributed by atoms with E-state index in [0.717, 1.165) is 11.1 Å². The summed E-state index contributed by atoms with van der Waals surface area (Å²) in [6.07, 6.45) is -0.446. The average molecular weight is 155 g/mol. The van der Waals surface area contributed by atoms with Gasteiger partial charge in [-0.15, -0.1) is 11.6 Å². The van der Waals surface area contributed by atoms with Crippen LogP contribution in [0.5, 0.6) is 0 Å². The van der Waals surface area contributed by atoms with Gasteiger partial charge in [0, 0.05) is 0 Å². The van der Waals surface area contributed by atoms with Crippen molar-refractivity contribution in [2.24, 2.45) is 0 Å². The summed E-state index contributed by atoms with van der Waals surface area (Å²) in [4.78, 5) is 0. The maximum atomic E-state index is 9.24. The smallest absolute Gasteiger partial charge is 0.0998 e. The van der Waals surface area contributed by atoms with E-state index in [-0.39, 0.29) is 5.38 Å². The van der Waals surface area contributed by atoms with E-state index in [1.54, 1.807) is 0 Å². The van der Waals surface area contributed by atoms with Crippen LogP contribution in [-0.4, -0.2) is 5.11 Å². The van der Waals surface area contributed by atoms with Gasteiger partial charge in [-0.2, -0.15) is 0 Å². The van der Waals surface area contributed by atoms with Crippen molar-refractivity contribution < 1.29 is 5.11 Å². The van der Waals surface area contributed by atoms with Crippen LogP contribution in [0.15, 0.2) is 24.3 Å². The average Bonchev–Trinajstić information content (AvgIpc) is 2.03. The number of hydrogen-bond acceptors (Lipinski definition) is 1. The van der Waals surface area contributed by atoms with E-state index in [4.69, 9.17) is 11.6 Å². The first-order valence-electron chi connectivity index (χ1n) is 3.21.